The number of fused-ring (bicyclic) bond motifs is 1. The molecular weight excluding hydrogens is 202 g/mol. The van der Waals surface area contributed by atoms with E-state index >= 15 is 0 Å². The molecule has 7 heteroatoms. The predicted molar refractivity (Wildman–Crippen MR) is 50.5 cm³/mol. The molecule has 2 heterocycles. The van der Waals surface area contributed by atoms with Gasteiger partial charge in [-0.1, -0.05) is 6.92 Å². The Morgan fingerprint density at radius 1 is 1.71 bits per heavy atom. The zero-order valence-electron chi connectivity index (χ0n) is 7.45. The predicted octanol–water partition coefficient (Wildman–Crippen LogP) is 0.0635. The highest BCUT2D eigenvalue weighted by molar-refractivity contribution is 7.99. The minimum absolute atomic E-state index is 0.470. The van der Waals surface area contributed by atoms with Crippen molar-refractivity contribution < 1.29 is 5.11 Å². The maximum atomic E-state index is 9.74. The number of nitrogens with zero attached hydrogens (tertiary/aromatic N) is 5. The largest absolute Gasteiger partial charge is 0.378 e. The summed E-state index contributed by atoms with van der Waals surface area (Å²) < 4.78 is 1.24. The Labute approximate surface area is 84.3 Å². The molecular formula is C7H8N5OS. The van der Waals surface area contributed by atoms with Gasteiger partial charge in [-0.2, -0.15) is 0 Å². The monoisotopic (exact) mass is 210 g/mol. The lowest BCUT2D eigenvalue weighted by Crippen LogP contribution is -2.01. The van der Waals surface area contributed by atoms with Crippen LogP contribution in [0.4, 0.5) is 0 Å². The molecule has 1 radical (unpaired) electrons. The van der Waals surface area contributed by atoms with Crippen molar-refractivity contribution in [2.24, 2.45) is 0 Å². The van der Waals surface area contributed by atoms with E-state index in [0.29, 0.717) is 11.2 Å². The normalized spacial score (nSPS) is 13.3. The van der Waals surface area contributed by atoms with Crippen molar-refractivity contribution in [1.29, 1.82) is 0 Å². The molecule has 0 fully saturated rings. The Balaban J connectivity index is 2.45. The van der Waals surface area contributed by atoms with Crippen LogP contribution < -0.4 is 0 Å². The summed E-state index contributed by atoms with van der Waals surface area (Å²) in [6.45, 7) is 1.97. The molecule has 1 unspecified atom stereocenters. The van der Waals surface area contributed by atoms with Crippen molar-refractivity contribution in [2.45, 2.75) is 12.4 Å². The van der Waals surface area contributed by atoms with Gasteiger partial charge < -0.3 is 5.11 Å². The summed E-state index contributed by atoms with van der Waals surface area (Å²) in [6.07, 6.45) is 2.63. The lowest BCUT2D eigenvalue weighted by molar-refractivity contribution is 0.270. The first-order chi connectivity index (χ1) is 6.83. The summed E-state index contributed by atoms with van der Waals surface area (Å²) in [6, 6.07) is 1.60. The lowest BCUT2D eigenvalue weighted by atomic mass is 10.3. The zero-order chi connectivity index (χ0) is 9.97. The average molecular weight is 210 g/mol. The second kappa shape index (κ2) is 3.89. The van der Waals surface area contributed by atoms with Crippen LogP contribution in [0.5, 0.6) is 0 Å². The molecule has 14 heavy (non-hydrogen) atoms. The van der Waals surface area contributed by atoms with Gasteiger partial charge in [0.2, 0.25) is 5.65 Å². The molecule has 0 bridgehead atoms. The minimum Gasteiger partial charge on any atom is -0.378 e. The molecule has 0 aliphatic carbocycles. The number of aromatic nitrogens is 5. The third kappa shape index (κ3) is 1.55. The quantitative estimate of drug-likeness (QED) is 0.722. The standard InChI is InChI=1S/C7H8N5OS/c1-2-14-7(13)5-3-4-8-12-6(5)9-10-11-12/h3,7,13H,2H2,1H3. The summed E-state index contributed by atoms with van der Waals surface area (Å²) in [5.41, 5.74) is 0.474. The van der Waals surface area contributed by atoms with Gasteiger partial charge in [-0.25, -0.2) is 0 Å². The van der Waals surface area contributed by atoms with Crippen molar-refractivity contribution >= 4 is 17.4 Å². The van der Waals surface area contributed by atoms with Crippen LogP contribution in [0.15, 0.2) is 6.07 Å². The van der Waals surface area contributed by atoms with Gasteiger partial charge in [-0.15, -0.1) is 26.6 Å². The minimum atomic E-state index is -0.632. The summed E-state index contributed by atoms with van der Waals surface area (Å²) in [5.74, 6) is 0.817. The van der Waals surface area contributed by atoms with Crippen molar-refractivity contribution in [3.63, 3.8) is 0 Å². The Morgan fingerprint density at radius 3 is 3.36 bits per heavy atom. The van der Waals surface area contributed by atoms with E-state index < -0.39 is 5.44 Å². The van der Waals surface area contributed by atoms with E-state index in [1.54, 1.807) is 6.07 Å². The Hall–Kier alpha value is -1.21. The van der Waals surface area contributed by atoms with Crippen LogP contribution in [0.3, 0.4) is 0 Å². The second-order valence-electron chi connectivity index (χ2n) is 2.53. The van der Waals surface area contributed by atoms with Gasteiger partial charge >= 0.3 is 0 Å². The Kier molecular flexibility index (Phi) is 2.60. The first-order valence-electron chi connectivity index (χ1n) is 4.08. The van der Waals surface area contributed by atoms with Crippen LogP contribution in [0.1, 0.15) is 17.9 Å². The van der Waals surface area contributed by atoms with E-state index in [1.165, 1.54) is 16.4 Å². The number of hydrogen-bond acceptors (Lipinski definition) is 6. The lowest BCUT2D eigenvalue weighted by Gasteiger charge is -2.07. The van der Waals surface area contributed by atoms with Crippen molar-refractivity contribution in [3.05, 3.63) is 17.8 Å². The van der Waals surface area contributed by atoms with Gasteiger partial charge in [-0.05, 0) is 22.2 Å². The first-order valence-corrected chi connectivity index (χ1v) is 5.13. The molecule has 1 atom stereocenters. The van der Waals surface area contributed by atoms with E-state index in [4.69, 9.17) is 0 Å². The van der Waals surface area contributed by atoms with Crippen LogP contribution in [-0.4, -0.2) is 36.1 Å². The Morgan fingerprint density at radius 2 is 2.57 bits per heavy atom. The zero-order valence-corrected chi connectivity index (χ0v) is 8.27. The van der Waals surface area contributed by atoms with E-state index in [2.05, 4.69) is 26.8 Å². The molecule has 0 spiro atoms. The van der Waals surface area contributed by atoms with Gasteiger partial charge in [0.05, 0.1) is 0 Å². The van der Waals surface area contributed by atoms with Gasteiger partial charge in [0, 0.05) is 5.56 Å². The van der Waals surface area contributed by atoms with E-state index in [1.807, 2.05) is 6.92 Å². The van der Waals surface area contributed by atoms with Crippen molar-refractivity contribution in [2.75, 3.05) is 5.75 Å². The molecule has 0 aromatic carbocycles. The van der Waals surface area contributed by atoms with E-state index in [9.17, 15) is 5.11 Å². The maximum absolute atomic E-state index is 9.74. The van der Waals surface area contributed by atoms with Gasteiger partial charge in [0.1, 0.15) is 11.6 Å². The molecule has 0 aliphatic rings. The molecule has 2 aromatic rings. The number of tetrazole rings is 1. The number of aliphatic hydroxyl groups is 1. The fourth-order valence-electron chi connectivity index (χ4n) is 1.07. The SMILES string of the molecule is CCSC(O)c1c[c]nn2nnnc12. The number of hydrogen-bond donors (Lipinski definition) is 1. The van der Waals surface area contributed by atoms with Gasteiger partial charge in [0.25, 0.3) is 0 Å². The summed E-state index contributed by atoms with van der Waals surface area (Å²) >= 11 is 1.40. The highest BCUT2D eigenvalue weighted by atomic mass is 32.2. The number of rotatable bonds is 3. The van der Waals surface area contributed by atoms with Crippen LogP contribution in [0.2, 0.25) is 0 Å². The third-order valence-electron chi connectivity index (χ3n) is 1.67. The smallest absolute Gasteiger partial charge is 0.206 e. The van der Waals surface area contributed by atoms with Crippen LogP contribution in [-0.2, 0) is 0 Å². The molecule has 0 aliphatic heterocycles. The molecule has 73 valence electrons. The summed E-state index contributed by atoms with van der Waals surface area (Å²) in [7, 11) is 0. The average Bonchev–Trinajstić information content (AvgIpc) is 2.65. The molecule has 6 nitrogen and oxygen atoms in total. The second-order valence-corrected chi connectivity index (χ2v) is 3.89. The van der Waals surface area contributed by atoms with E-state index in [0.717, 1.165) is 5.75 Å². The Bertz CT molecular complexity index is 431. The first kappa shape index (κ1) is 9.35. The maximum Gasteiger partial charge on any atom is 0.206 e. The highest BCUT2D eigenvalue weighted by Gasteiger charge is 2.13. The molecule has 1 N–H and O–H groups in total. The number of thioether (sulfide) groups is 1. The molecule has 2 rings (SSSR count). The highest BCUT2D eigenvalue weighted by Crippen LogP contribution is 2.26. The molecule has 0 amide bonds. The topological polar surface area (TPSA) is 76.2 Å². The fraction of sp³-hybridized carbons (Fsp3) is 0.429. The number of aliphatic hydroxyl groups excluding tert-OH is 1. The van der Waals surface area contributed by atoms with Crippen LogP contribution in [0, 0.1) is 6.20 Å². The summed E-state index contributed by atoms with van der Waals surface area (Å²) in [5, 5.41) is 24.4. The third-order valence-corrected chi connectivity index (χ3v) is 2.58. The van der Waals surface area contributed by atoms with Gasteiger partial charge in [0.15, 0.2) is 0 Å². The summed E-state index contributed by atoms with van der Waals surface area (Å²) in [4.78, 5) is 0. The fourth-order valence-corrected chi connectivity index (χ4v) is 1.74. The molecule has 2 aromatic heterocycles. The molecule has 0 saturated heterocycles. The van der Waals surface area contributed by atoms with Crippen LogP contribution >= 0.6 is 11.8 Å². The van der Waals surface area contributed by atoms with E-state index in [-0.39, 0.29) is 0 Å². The van der Waals surface area contributed by atoms with Gasteiger partial charge in [-0.3, -0.25) is 0 Å². The van der Waals surface area contributed by atoms with Crippen molar-refractivity contribution in [3.8, 4) is 0 Å². The van der Waals surface area contributed by atoms with Crippen molar-refractivity contribution in [1.82, 2.24) is 25.3 Å². The van der Waals surface area contributed by atoms with Crippen LogP contribution in [0.25, 0.3) is 5.65 Å². The molecule has 0 saturated carbocycles.